The molecule has 0 aromatic carbocycles. The topological polar surface area (TPSA) is 18.5 Å². The highest BCUT2D eigenvalue weighted by Gasteiger charge is 2.16. The van der Waals surface area contributed by atoms with Crippen molar-refractivity contribution in [2.24, 2.45) is 0 Å². The number of likely N-dealkylation sites (N-methyl/N-ethyl adjacent to an activating group) is 1. The monoisotopic (exact) mass is 211 g/mol. The van der Waals surface area contributed by atoms with Crippen molar-refractivity contribution in [3.05, 3.63) is 0 Å². The van der Waals surface area contributed by atoms with E-state index in [1.54, 1.807) is 0 Å². The van der Waals surface area contributed by atoms with Crippen LogP contribution in [0.5, 0.6) is 0 Å². The minimum Gasteiger partial charge on any atom is -0.313 e. The molecule has 3 heteroatoms. The summed E-state index contributed by atoms with van der Waals surface area (Å²) in [4.78, 5) is 5.00. The zero-order valence-corrected chi connectivity index (χ0v) is 10.0. The Bertz CT molecular complexity index is 170. The van der Waals surface area contributed by atoms with E-state index in [0.29, 0.717) is 0 Å². The maximum absolute atomic E-state index is 3.68. The fourth-order valence-corrected chi connectivity index (χ4v) is 2.63. The van der Waals surface area contributed by atoms with Crippen LogP contribution in [0.4, 0.5) is 0 Å². The maximum atomic E-state index is 3.68. The van der Waals surface area contributed by atoms with Gasteiger partial charge in [0.2, 0.25) is 0 Å². The normalized spacial score (nSPS) is 26.2. The van der Waals surface area contributed by atoms with Crippen LogP contribution in [0.2, 0.25) is 0 Å². The second-order valence-corrected chi connectivity index (χ2v) is 5.08. The highest BCUT2D eigenvalue weighted by molar-refractivity contribution is 4.75. The Morgan fingerprint density at radius 3 is 2.40 bits per heavy atom. The Hall–Kier alpha value is -0.120. The minimum atomic E-state index is 0.831. The lowest BCUT2D eigenvalue weighted by molar-refractivity contribution is 0.153. The van der Waals surface area contributed by atoms with Gasteiger partial charge in [0.1, 0.15) is 0 Å². The van der Waals surface area contributed by atoms with E-state index in [-0.39, 0.29) is 0 Å². The molecule has 0 aromatic heterocycles. The molecule has 1 N–H and O–H groups in total. The van der Waals surface area contributed by atoms with Crippen LogP contribution in [0.1, 0.15) is 25.7 Å². The zero-order valence-electron chi connectivity index (χ0n) is 10.0. The van der Waals surface area contributed by atoms with Gasteiger partial charge in [-0.1, -0.05) is 12.8 Å². The number of piperazine rings is 1. The predicted octanol–water partition coefficient (Wildman–Crippen LogP) is 0.766. The molecule has 0 bridgehead atoms. The number of nitrogens with one attached hydrogen (secondary N) is 1. The summed E-state index contributed by atoms with van der Waals surface area (Å²) in [6.45, 7) is 7.41. The molecule has 0 unspecified atom stereocenters. The Kier molecular flexibility index (Phi) is 4.42. The third-order valence-corrected chi connectivity index (χ3v) is 3.81. The third-order valence-electron chi connectivity index (χ3n) is 3.81. The van der Waals surface area contributed by atoms with Gasteiger partial charge in [-0.05, 0) is 19.9 Å². The first-order chi connectivity index (χ1) is 7.34. The molecule has 1 saturated carbocycles. The molecule has 2 rings (SSSR count). The van der Waals surface area contributed by atoms with Gasteiger partial charge in [0, 0.05) is 45.3 Å². The van der Waals surface area contributed by atoms with Gasteiger partial charge in [0.25, 0.3) is 0 Å². The van der Waals surface area contributed by atoms with Gasteiger partial charge in [-0.15, -0.1) is 0 Å². The Balaban J connectivity index is 1.53. The number of hydrogen-bond acceptors (Lipinski definition) is 3. The van der Waals surface area contributed by atoms with Gasteiger partial charge in [-0.3, -0.25) is 4.90 Å². The first-order valence-electron chi connectivity index (χ1n) is 6.49. The summed E-state index contributed by atoms with van der Waals surface area (Å²) in [5.41, 5.74) is 0. The third kappa shape index (κ3) is 3.74. The molecule has 3 nitrogen and oxygen atoms in total. The van der Waals surface area contributed by atoms with Gasteiger partial charge >= 0.3 is 0 Å². The van der Waals surface area contributed by atoms with E-state index in [4.69, 9.17) is 0 Å². The van der Waals surface area contributed by atoms with E-state index >= 15 is 0 Å². The molecule has 2 aliphatic rings. The van der Waals surface area contributed by atoms with Crippen molar-refractivity contribution in [3.63, 3.8) is 0 Å². The molecule has 1 heterocycles. The molecular weight excluding hydrogens is 186 g/mol. The van der Waals surface area contributed by atoms with Crippen LogP contribution in [0.3, 0.4) is 0 Å². The van der Waals surface area contributed by atoms with Gasteiger partial charge in [0.05, 0.1) is 0 Å². The quantitative estimate of drug-likeness (QED) is 0.741. The lowest BCUT2D eigenvalue weighted by Gasteiger charge is -2.32. The fraction of sp³-hybridized carbons (Fsp3) is 1.00. The summed E-state index contributed by atoms with van der Waals surface area (Å²) in [6.07, 6.45) is 5.68. The van der Waals surface area contributed by atoms with Crippen molar-refractivity contribution in [2.75, 3.05) is 46.3 Å². The molecule has 0 atom stereocenters. The SMILES string of the molecule is CN1CCN(CCNC2CCCC2)CC1. The second-order valence-electron chi connectivity index (χ2n) is 5.08. The van der Waals surface area contributed by atoms with Crippen LogP contribution in [0.15, 0.2) is 0 Å². The van der Waals surface area contributed by atoms with E-state index in [1.165, 1.54) is 65.0 Å². The first-order valence-corrected chi connectivity index (χ1v) is 6.49. The Morgan fingerprint density at radius 1 is 1.07 bits per heavy atom. The lowest BCUT2D eigenvalue weighted by atomic mass is 10.2. The largest absolute Gasteiger partial charge is 0.313 e. The van der Waals surface area contributed by atoms with Crippen LogP contribution < -0.4 is 5.32 Å². The molecule has 1 saturated heterocycles. The van der Waals surface area contributed by atoms with Crippen LogP contribution in [0, 0.1) is 0 Å². The average Bonchev–Trinajstić information content (AvgIpc) is 2.74. The summed E-state index contributed by atoms with van der Waals surface area (Å²) in [6, 6.07) is 0.831. The van der Waals surface area contributed by atoms with Gasteiger partial charge < -0.3 is 10.2 Å². The average molecular weight is 211 g/mol. The minimum absolute atomic E-state index is 0.831. The second kappa shape index (κ2) is 5.83. The number of nitrogens with zero attached hydrogens (tertiary/aromatic N) is 2. The van der Waals surface area contributed by atoms with Gasteiger partial charge in [0.15, 0.2) is 0 Å². The smallest absolute Gasteiger partial charge is 0.0110 e. The van der Waals surface area contributed by atoms with Crippen molar-refractivity contribution in [1.82, 2.24) is 15.1 Å². The van der Waals surface area contributed by atoms with Crippen LogP contribution in [-0.4, -0.2) is 62.2 Å². The van der Waals surface area contributed by atoms with Crippen molar-refractivity contribution in [1.29, 1.82) is 0 Å². The summed E-state index contributed by atoms with van der Waals surface area (Å²) in [5, 5.41) is 3.68. The lowest BCUT2D eigenvalue weighted by Crippen LogP contribution is -2.47. The summed E-state index contributed by atoms with van der Waals surface area (Å²) in [5.74, 6) is 0. The van der Waals surface area contributed by atoms with E-state index < -0.39 is 0 Å². The maximum Gasteiger partial charge on any atom is 0.0110 e. The van der Waals surface area contributed by atoms with Crippen molar-refractivity contribution < 1.29 is 0 Å². The molecule has 2 fully saturated rings. The summed E-state index contributed by atoms with van der Waals surface area (Å²) < 4.78 is 0. The summed E-state index contributed by atoms with van der Waals surface area (Å²) in [7, 11) is 2.22. The molecule has 0 amide bonds. The molecule has 0 spiro atoms. The van der Waals surface area contributed by atoms with E-state index in [0.717, 1.165) is 6.04 Å². The molecule has 0 radical (unpaired) electrons. The molecule has 1 aliphatic heterocycles. The molecular formula is C12H25N3. The molecule has 88 valence electrons. The zero-order chi connectivity index (χ0) is 10.5. The van der Waals surface area contributed by atoms with E-state index in [9.17, 15) is 0 Å². The van der Waals surface area contributed by atoms with Crippen LogP contribution >= 0.6 is 0 Å². The molecule has 0 aromatic rings. The van der Waals surface area contributed by atoms with Gasteiger partial charge in [-0.25, -0.2) is 0 Å². The highest BCUT2D eigenvalue weighted by atomic mass is 15.2. The Labute approximate surface area is 93.8 Å². The highest BCUT2D eigenvalue weighted by Crippen LogP contribution is 2.17. The van der Waals surface area contributed by atoms with E-state index in [1.807, 2.05) is 0 Å². The standard InChI is InChI=1S/C12H25N3/c1-14-8-10-15(11-9-14)7-6-13-12-4-2-3-5-12/h12-13H,2-11H2,1H3. The van der Waals surface area contributed by atoms with Crippen molar-refractivity contribution in [3.8, 4) is 0 Å². The number of rotatable bonds is 4. The number of hydrogen-bond donors (Lipinski definition) is 1. The van der Waals surface area contributed by atoms with Crippen molar-refractivity contribution >= 4 is 0 Å². The Morgan fingerprint density at radius 2 is 1.73 bits per heavy atom. The first kappa shape index (κ1) is 11.4. The van der Waals surface area contributed by atoms with Gasteiger partial charge in [-0.2, -0.15) is 0 Å². The molecule has 1 aliphatic carbocycles. The van der Waals surface area contributed by atoms with Crippen LogP contribution in [0.25, 0.3) is 0 Å². The molecule has 15 heavy (non-hydrogen) atoms. The fourth-order valence-electron chi connectivity index (χ4n) is 2.63. The van der Waals surface area contributed by atoms with Crippen molar-refractivity contribution in [2.45, 2.75) is 31.7 Å². The van der Waals surface area contributed by atoms with E-state index in [2.05, 4.69) is 22.2 Å². The van der Waals surface area contributed by atoms with Crippen LogP contribution in [-0.2, 0) is 0 Å². The predicted molar refractivity (Wildman–Crippen MR) is 64.2 cm³/mol. The summed E-state index contributed by atoms with van der Waals surface area (Å²) >= 11 is 0.